The van der Waals surface area contributed by atoms with Crippen LogP contribution >= 0.6 is 7.82 Å². The lowest BCUT2D eigenvalue weighted by Gasteiger charge is -2.24. The zero-order valence-corrected chi connectivity index (χ0v) is 56.1. The summed E-state index contributed by atoms with van der Waals surface area (Å²) in [5, 5.41) is 0. The van der Waals surface area contributed by atoms with Crippen LogP contribution in [0.2, 0.25) is 0 Å². The first-order chi connectivity index (χ1) is 40.0. The number of phosphoric acid groups is 1. The summed E-state index contributed by atoms with van der Waals surface area (Å²) in [5.41, 5.74) is 0. The van der Waals surface area contributed by atoms with Crippen LogP contribution in [0.3, 0.4) is 0 Å². The van der Waals surface area contributed by atoms with E-state index in [1.807, 2.05) is 21.1 Å². The molecule has 2 unspecified atom stereocenters. The van der Waals surface area contributed by atoms with Crippen LogP contribution in [0.1, 0.15) is 361 Å². The zero-order valence-electron chi connectivity index (χ0n) is 55.3. The summed E-state index contributed by atoms with van der Waals surface area (Å²) in [6, 6.07) is 0. The third-order valence-electron chi connectivity index (χ3n) is 16.2. The summed E-state index contributed by atoms with van der Waals surface area (Å²) in [6.07, 6.45) is 81.2. The van der Waals surface area contributed by atoms with Gasteiger partial charge in [-0.25, -0.2) is 4.57 Å². The van der Waals surface area contributed by atoms with Crippen molar-refractivity contribution < 1.29 is 42.1 Å². The first-order valence-electron chi connectivity index (χ1n) is 35.7. The highest BCUT2D eigenvalue weighted by atomic mass is 31.2. The van der Waals surface area contributed by atoms with E-state index in [-0.39, 0.29) is 25.6 Å². The summed E-state index contributed by atoms with van der Waals surface area (Å²) in [4.78, 5) is 35.8. The molecule has 0 aromatic carbocycles. The number of carbonyl (C=O) groups is 2. The van der Waals surface area contributed by atoms with Gasteiger partial charge in [-0.3, -0.25) is 18.6 Å². The fraction of sp³-hybridized carbons (Fsp3) is 0.889. The second-order valence-electron chi connectivity index (χ2n) is 25.6. The van der Waals surface area contributed by atoms with Gasteiger partial charge in [-0.1, -0.05) is 333 Å². The number of carbonyl (C=O) groups excluding carboxylic acids is 2. The van der Waals surface area contributed by atoms with E-state index in [9.17, 15) is 19.0 Å². The minimum absolute atomic E-state index is 0.0354. The SMILES string of the molecule is CCCCCCC/C=C\C/C=C\C/C=C\CCCCCCCCCCCCCCCCCCCCCCCCC(=O)OC(COC(=O)CCCCCCCCCCCCCCCCCCCCCCC)COP(=O)(O)OCC[N+](C)(C)C. The van der Waals surface area contributed by atoms with E-state index in [4.69, 9.17) is 18.5 Å². The summed E-state index contributed by atoms with van der Waals surface area (Å²) < 4.78 is 34.7. The van der Waals surface area contributed by atoms with Crippen molar-refractivity contribution in [3.8, 4) is 0 Å². The van der Waals surface area contributed by atoms with Crippen LogP contribution in [0.4, 0.5) is 0 Å². The van der Waals surface area contributed by atoms with Gasteiger partial charge >= 0.3 is 19.8 Å². The maximum Gasteiger partial charge on any atom is 0.472 e. The van der Waals surface area contributed by atoms with Crippen LogP contribution in [0, 0.1) is 0 Å². The quantitative estimate of drug-likeness (QED) is 0.0211. The molecule has 0 aliphatic rings. The molecule has 0 saturated heterocycles. The number of likely N-dealkylation sites (N-methyl/N-ethyl adjacent to an activating group) is 1. The van der Waals surface area contributed by atoms with Crippen molar-refractivity contribution in [2.24, 2.45) is 0 Å². The maximum absolute atomic E-state index is 12.9. The number of unbranched alkanes of at least 4 members (excludes halogenated alkanes) is 47. The van der Waals surface area contributed by atoms with Gasteiger partial charge in [-0.2, -0.15) is 0 Å². The Hall–Kier alpha value is -1.77. The van der Waals surface area contributed by atoms with Crippen LogP contribution in [0.25, 0.3) is 0 Å². The third kappa shape index (κ3) is 67.4. The Morgan fingerprint density at radius 1 is 0.378 bits per heavy atom. The fourth-order valence-electron chi connectivity index (χ4n) is 10.7. The molecule has 0 heterocycles. The minimum atomic E-state index is -4.39. The number of rotatable bonds is 67. The molecule has 10 heteroatoms. The molecule has 0 bridgehead atoms. The van der Waals surface area contributed by atoms with Gasteiger partial charge < -0.3 is 18.9 Å². The van der Waals surface area contributed by atoms with Gasteiger partial charge in [0.2, 0.25) is 0 Å². The number of phosphoric ester groups is 1. The molecule has 0 amide bonds. The van der Waals surface area contributed by atoms with E-state index in [0.29, 0.717) is 23.9 Å². The molecule has 484 valence electrons. The van der Waals surface area contributed by atoms with E-state index in [2.05, 4.69) is 50.3 Å². The summed E-state index contributed by atoms with van der Waals surface area (Å²) in [7, 11) is 1.50. The van der Waals surface area contributed by atoms with Gasteiger partial charge in [0.05, 0.1) is 27.7 Å². The molecule has 2 atom stereocenters. The maximum atomic E-state index is 12.9. The topological polar surface area (TPSA) is 108 Å². The number of nitrogens with zero attached hydrogens (tertiary/aromatic N) is 1. The largest absolute Gasteiger partial charge is 0.472 e. The van der Waals surface area contributed by atoms with Gasteiger partial charge in [-0.15, -0.1) is 0 Å². The lowest BCUT2D eigenvalue weighted by atomic mass is 10.0. The van der Waals surface area contributed by atoms with Crippen LogP contribution in [0.5, 0.6) is 0 Å². The molecule has 1 N–H and O–H groups in total. The fourth-order valence-corrected chi connectivity index (χ4v) is 11.4. The standard InChI is InChI=1S/C72H138NO8P/c1-6-8-10-12-14-16-18-20-22-24-26-28-29-30-31-32-33-34-35-36-37-38-39-40-41-42-43-45-47-49-51-53-55-57-59-61-63-65-72(75)81-70(69-80-82(76,77)79-67-66-73(3,4)5)68-78-71(74)64-62-60-58-56-54-52-50-48-46-44-27-25-23-21-19-17-15-13-11-9-7-2/h18,20,24,26,29-30,70H,6-17,19,21-23,25,27-28,31-69H2,1-5H3/p+1/b20-18-,26-24-,30-29-. The molecular formula is C72H139NO8P+. The Morgan fingerprint density at radius 3 is 0.976 bits per heavy atom. The van der Waals surface area contributed by atoms with Gasteiger partial charge in [-0.05, 0) is 51.4 Å². The van der Waals surface area contributed by atoms with Crippen molar-refractivity contribution >= 4 is 19.8 Å². The van der Waals surface area contributed by atoms with Gasteiger partial charge in [0, 0.05) is 12.8 Å². The van der Waals surface area contributed by atoms with E-state index in [1.54, 1.807) is 0 Å². The van der Waals surface area contributed by atoms with E-state index < -0.39 is 26.5 Å². The van der Waals surface area contributed by atoms with Gasteiger partial charge in [0.15, 0.2) is 6.10 Å². The first kappa shape index (κ1) is 80.2. The Morgan fingerprint density at radius 2 is 0.659 bits per heavy atom. The predicted octanol–water partition coefficient (Wildman–Crippen LogP) is 23.1. The van der Waals surface area contributed by atoms with Crippen LogP contribution in [-0.4, -0.2) is 74.9 Å². The summed E-state index contributed by atoms with van der Waals surface area (Å²) in [5.74, 6) is -0.774. The number of allylic oxidation sites excluding steroid dienone is 6. The smallest absolute Gasteiger partial charge is 0.462 e. The number of esters is 2. The summed E-state index contributed by atoms with van der Waals surface area (Å²) in [6.45, 7) is 4.49. The van der Waals surface area contributed by atoms with Gasteiger partial charge in [0.25, 0.3) is 0 Å². The molecule has 0 spiro atoms. The van der Waals surface area contributed by atoms with Crippen LogP contribution < -0.4 is 0 Å². The predicted molar refractivity (Wildman–Crippen MR) is 354 cm³/mol. The zero-order chi connectivity index (χ0) is 59.8. The Bertz CT molecular complexity index is 1480. The molecule has 0 rings (SSSR count). The molecule has 82 heavy (non-hydrogen) atoms. The highest BCUT2D eigenvalue weighted by molar-refractivity contribution is 7.47. The van der Waals surface area contributed by atoms with E-state index in [0.717, 1.165) is 44.9 Å². The average molecular weight is 1180 g/mol. The number of ether oxygens (including phenoxy) is 2. The first-order valence-corrected chi connectivity index (χ1v) is 37.2. The normalized spacial score (nSPS) is 13.3. The van der Waals surface area contributed by atoms with Crippen molar-refractivity contribution in [2.45, 2.75) is 367 Å². The monoisotopic (exact) mass is 1180 g/mol. The van der Waals surface area contributed by atoms with Crippen molar-refractivity contribution in [3.05, 3.63) is 36.5 Å². The van der Waals surface area contributed by atoms with Crippen LogP contribution in [-0.2, 0) is 32.7 Å². The highest BCUT2D eigenvalue weighted by Gasteiger charge is 2.27. The average Bonchev–Trinajstić information content (AvgIpc) is 3.46. The molecule has 0 aromatic rings. The summed E-state index contributed by atoms with van der Waals surface area (Å²) >= 11 is 0. The van der Waals surface area contributed by atoms with Crippen molar-refractivity contribution in [1.29, 1.82) is 0 Å². The Balaban J connectivity index is 3.94. The molecule has 0 saturated carbocycles. The van der Waals surface area contributed by atoms with Gasteiger partial charge in [0.1, 0.15) is 19.8 Å². The van der Waals surface area contributed by atoms with Crippen molar-refractivity contribution in [2.75, 3.05) is 47.5 Å². The molecule has 0 aromatic heterocycles. The second kappa shape index (κ2) is 63.7. The lowest BCUT2D eigenvalue weighted by molar-refractivity contribution is -0.870. The van der Waals surface area contributed by atoms with E-state index in [1.165, 1.54) is 283 Å². The molecule has 0 aliphatic heterocycles. The van der Waals surface area contributed by atoms with Crippen molar-refractivity contribution in [3.63, 3.8) is 0 Å². The van der Waals surface area contributed by atoms with E-state index >= 15 is 0 Å². The Kier molecular flexibility index (Phi) is 62.3. The van der Waals surface area contributed by atoms with Crippen LogP contribution in [0.15, 0.2) is 36.5 Å². The molecule has 0 aliphatic carbocycles. The number of hydrogen-bond donors (Lipinski definition) is 1. The third-order valence-corrected chi connectivity index (χ3v) is 17.2. The van der Waals surface area contributed by atoms with Crippen molar-refractivity contribution in [1.82, 2.24) is 0 Å². The number of quaternary nitrogens is 1. The molecule has 0 radical (unpaired) electrons. The molecule has 9 nitrogen and oxygen atoms in total. The Labute approximate surface area is 510 Å². The highest BCUT2D eigenvalue weighted by Crippen LogP contribution is 2.43. The molecular weight excluding hydrogens is 1040 g/mol. The lowest BCUT2D eigenvalue weighted by Crippen LogP contribution is -2.37. The number of hydrogen-bond acceptors (Lipinski definition) is 7. The molecule has 0 fully saturated rings. The second-order valence-corrected chi connectivity index (χ2v) is 27.1. The minimum Gasteiger partial charge on any atom is -0.462 e.